The molecule has 1 aromatic carbocycles. The van der Waals surface area contributed by atoms with Crippen LogP contribution in [0.3, 0.4) is 0 Å². The normalized spacial score (nSPS) is 28.6. The van der Waals surface area contributed by atoms with Crippen molar-refractivity contribution in [1.82, 2.24) is 10.6 Å². The van der Waals surface area contributed by atoms with E-state index in [-0.39, 0.29) is 18.3 Å². The molecule has 0 aromatic heterocycles. The summed E-state index contributed by atoms with van der Waals surface area (Å²) in [5.74, 6) is 0.0673. The minimum atomic E-state index is 0. The predicted octanol–water partition coefficient (Wildman–Crippen LogP) is 2.73. The van der Waals surface area contributed by atoms with Gasteiger partial charge in [-0.1, -0.05) is 0 Å². The van der Waals surface area contributed by atoms with Gasteiger partial charge in [0.15, 0.2) is 0 Å². The molecule has 2 unspecified atom stereocenters. The molecule has 2 bridgehead atoms. The second-order valence-electron chi connectivity index (χ2n) is 5.29. The lowest BCUT2D eigenvalue weighted by Crippen LogP contribution is -2.48. The van der Waals surface area contributed by atoms with Gasteiger partial charge >= 0.3 is 0 Å². The van der Waals surface area contributed by atoms with E-state index < -0.39 is 0 Å². The van der Waals surface area contributed by atoms with Gasteiger partial charge in [-0.2, -0.15) is 0 Å². The van der Waals surface area contributed by atoms with Crippen molar-refractivity contribution >= 4 is 40.9 Å². The van der Waals surface area contributed by atoms with Gasteiger partial charge in [0, 0.05) is 27.3 Å². The summed E-state index contributed by atoms with van der Waals surface area (Å²) in [6.07, 6.45) is 4.68. The second kappa shape index (κ2) is 6.41. The van der Waals surface area contributed by atoms with Crippen molar-refractivity contribution in [1.29, 1.82) is 0 Å². The molecule has 2 fully saturated rings. The third kappa shape index (κ3) is 3.61. The van der Waals surface area contributed by atoms with Crippen LogP contribution in [0.4, 0.5) is 0 Å². The third-order valence-electron chi connectivity index (χ3n) is 3.91. The van der Waals surface area contributed by atoms with Crippen molar-refractivity contribution < 1.29 is 4.79 Å². The lowest BCUT2D eigenvalue weighted by molar-refractivity contribution is 0.0924. The van der Waals surface area contributed by atoms with Crippen LogP contribution in [0.5, 0.6) is 0 Å². The van der Waals surface area contributed by atoms with Crippen molar-refractivity contribution in [2.24, 2.45) is 0 Å². The smallest absolute Gasteiger partial charge is 0.251 e. The van der Waals surface area contributed by atoms with E-state index in [1.807, 2.05) is 24.3 Å². The molecular formula is C14H18ClIN2O. The molecule has 2 aliphatic rings. The van der Waals surface area contributed by atoms with Crippen LogP contribution in [-0.2, 0) is 0 Å². The van der Waals surface area contributed by atoms with Gasteiger partial charge in [-0.25, -0.2) is 0 Å². The molecule has 0 saturated carbocycles. The average molecular weight is 393 g/mol. The first-order valence-corrected chi connectivity index (χ1v) is 7.61. The molecule has 3 rings (SSSR count). The van der Waals surface area contributed by atoms with Gasteiger partial charge in [-0.3, -0.25) is 4.79 Å². The number of piperidine rings is 1. The summed E-state index contributed by atoms with van der Waals surface area (Å²) in [4.78, 5) is 12.1. The maximum absolute atomic E-state index is 12.1. The van der Waals surface area contributed by atoms with Gasteiger partial charge < -0.3 is 10.6 Å². The number of hydrogen-bond acceptors (Lipinski definition) is 2. The molecule has 2 saturated heterocycles. The second-order valence-corrected chi connectivity index (χ2v) is 6.53. The Labute approximate surface area is 133 Å². The van der Waals surface area contributed by atoms with Gasteiger partial charge in [0.1, 0.15) is 0 Å². The SMILES string of the molecule is Cl.O=C(NC1CC2CCC(C1)N2)c1ccc(I)cc1. The van der Waals surface area contributed by atoms with Gasteiger partial charge in [0.05, 0.1) is 0 Å². The molecule has 19 heavy (non-hydrogen) atoms. The van der Waals surface area contributed by atoms with Crippen molar-refractivity contribution in [3.05, 3.63) is 33.4 Å². The van der Waals surface area contributed by atoms with Gasteiger partial charge in [0.2, 0.25) is 0 Å². The zero-order chi connectivity index (χ0) is 12.5. The number of amides is 1. The molecule has 2 N–H and O–H groups in total. The zero-order valence-electron chi connectivity index (χ0n) is 10.6. The number of benzene rings is 1. The van der Waals surface area contributed by atoms with Crippen molar-refractivity contribution in [3.8, 4) is 0 Å². The Bertz CT molecular complexity index is 439. The van der Waals surface area contributed by atoms with E-state index in [9.17, 15) is 4.79 Å². The number of rotatable bonds is 2. The van der Waals surface area contributed by atoms with Crippen molar-refractivity contribution in [3.63, 3.8) is 0 Å². The maximum atomic E-state index is 12.1. The van der Waals surface area contributed by atoms with Crippen molar-refractivity contribution in [2.45, 2.75) is 43.8 Å². The maximum Gasteiger partial charge on any atom is 0.251 e. The molecule has 3 nitrogen and oxygen atoms in total. The summed E-state index contributed by atoms with van der Waals surface area (Å²) < 4.78 is 1.16. The molecule has 1 amide bonds. The zero-order valence-corrected chi connectivity index (χ0v) is 13.5. The molecule has 1 aromatic rings. The minimum Gasteiger partial charge on any atom is -0.349 e. The molecule has 0 aliphatic carbocycles. The number of hydrogen-bond donors (Lipinski definition) is 2. The quantitative estimate of drug-likeness (QED) is 0.760. The van der Waals surface area contributed by atoms with E-state index in [2.05, 4.69) is 33.2 Å². The topological polar surface area (TPSA) is 41.1 Å². The highest BCUT2D eigenvalue weighted by molar-refractivity contribution is 14.1. The van der Waals surface area contributed by atoms with E-state index in [1.54, 1.807) is 0 Å². The van der Waals surface area contributed by atoms with E-state index >= 15 is 0 Å². The summed E-state index contributed by atoms with van der Waals surface area (Å²) in [5.41, 5.74) is 0.765. The first-order valence-electron chi connectivity index (χ1n) is 6.53. The molecule has 104 valence electrons. The van der Waals surface area contributed by atoms with Crippen LogP contribution in [-0.4, -0.2) is 24.0 Å². The molecule has 5 heteroatoms. The Kier molecular flexibility index (Phi) is 5.09. The highest BCUT2D eigenvalue weighted by atomic mass is 127. The van der Waals surface area contributed by atoms with Crippen molar-refractivity contribution in [2.75, 3.05) is 0 Å². The minimum absolute atomic E-state index is 0. The monoisotopic (exact) mass is 392 g/mol. The number of nitrogens with one attached hydrogen (secondary N) is 2. The molecular weight excluding hydrogens is 375 g/mol. The van der Waals surface area contributed by atoms with Gasteiger partial charge in [0.25, 0.3) is 5.91 Å². The van der Waals surface area contributed by atoms with E-state index in [4.69, 9.17) is 0 Å². The van der Waals surface area contributed by atoms with Crippen LogP contribution in [0.1, 0.15) is 36.0 Å². The van der Waals surface area contributed by atoms with Crippen LogP contribution in [0.2, 0.25) is 0 Å². The van der Waals surface area contributed by atoms with Crippen LogP contribution < -0.4 is 10.6 Å². The first kappa shape index (κ1) is 15.1. The van der Waals surface area contributed by atoms with Gasteiger partial charge in [-0.05, 0) is 72.5 Å². The standard InChI is InChI=1S/C14H17IN2O.ClH/c15-10-3-1-9(2-4-10)14(18)17-13-7-11-5-6-12(8-13)16-11;/h1-4,11-13,16H,5-8H2,(H,17,18);1H. The fourth-order valence-corrected chi connectivity index (χ4v) is 3.40. The molecule has 2 heterocycles. The molecule has 2 aliphatic heterocycles. The number of halogens is 2. The molecule has 2 atom stereocenters. The predicted molar refractivity (Wildman–Crippen MR) is 86.8 cm³/mol. The Morgan fingerprint density at radius 3 is 2.32 bits per heavy atom. The van der Waals surface area contributed by atoms with Gasteiger partial charge in [-0.15, -0.1) is 12.4 Å². The van der Waals surface area contributed by atoms with Crippen LogP contribution in [0, 0.1) is 3.57 Å². The Morgan fingerprint density at radius 2 is 1.74 bits per heavy atom. The van der Waals surface area contributed by atoms with E-state index in [0.29, 0.717) is 18.1 Å². The highest BCUT2D eigenvalue weighted by Gasteiger charge is 2.33. The average Bonchev–Trinajstić information content (AvgIpc) is 2.69. The highest BCUT2D eigenvalue weighted by Crippen LogP contribution is 2.26. The summed E-state index contributed by atoms with van der Waals surface area (Å²) in [7, 11) is 0. The number of carbonyl (C=O) groups excluding carboxylic acids is 1. The Hall–Kier alpha value is -0.330. The molecule has 0 spiro atoms. The van der Waals surface area contributed by atoms with E-state index in [1.165, 1.54) is 12.8 Å². The summed E-state index contributed by atoms with van der Waals surface area (Å²) in [6, 6.07) is 9.31. The van der Waals surface area contributed by atoms with Crippen LogP contribution in [0.25, 0.3) is 0 Å². The molecule has 0 radical (unpaired) electrons. The summed E-state index contributed by atoms with van der Waals surface area (Å²) >= 11 is 2.25. The van der Waals surface area contributed by atoms with E-state index in [0.717, 1.165) is 22.0 Å². The fourth-order valence-electron chi connectivity index (χ4n) is 3.05. The number of carbonyl (C=O) groups is 1. The first-order chi connectivity index (χ1) is 8.70. The number of fused-ring (bicyclic) bond motifs is 2. The summed E-state index contributed by atoms with van der Waals surface area (Å²) in [6.45, 7) is 0. The largest absolute Gasteiger partial charge is 0.349 e. The lowest BCUT2D eigenvalue weighted by Gasteiger charge is -2.29. The Morgan fingerprint density at radius 1 is 1.16 bits per heavy atom. The Balaban J connectivity index is 0.00000133. The summed E-state index contributed by atoms with van der Waals surface area (Å²) in [5, 5.41) is 6.76. The van der Waals surface area contributed by atoms with Crippen LogP contribution in [0.15, 0.2) is 24.3 Å². The van der Waals surface area contributed by atoms with Crippen LogP contribution >= 0.6 is 35.0 Å². The lowest BCUT2D eigenvalue weighted by atomic mass is 9.99. The third-order valence-corrected chi connectivity index (χ3v) is 4.63. The fraction of sp³-hybridized carbons (Fsp3) is 0.500.